The quantitative estimate of drug-likeness (QED) is 0.370. The van der Waals surface area contributed by atoms with Crippen LogP contribution in [0.15, 0.2) is 48.5 Å². The SMILES string of the molecule is CCOC(=O)N(CCCCOC(=O)CC(c1ccccc1)c1cc(C)ccc1O)C1C2CNCC21. The number of carbonyl (C=O) groups excluding carboxylic acids is 2. The van der Waals surface area contributed by atoms with Crippen LogP contribution in [0.5, 0.6) is 5.75 Å². The van der Waals surface area contributed by atoms with Gasteiger partial charge in [-0.05, 0) is 50.2 Å². The summed E-state index contributed by atoms with van der Waals surface area (Å²) < 4.78 is 10.8. The van der Waals surface area contributed by atoms with E-state index in [9.17, 15) is 14.7 Å². The van der Waals surface area contributed by atoms with Gasteiger partial charge in [-0.1, -0.05) is 48.0 Å². The Morgan fingerprint density at radius 2 is 1.83 bits per heavy atom. The predicted molar refractivity (Wildman–Crippen MR) is 133 cm³/mol. The summed E-state index contributed by atoms with van der Waals surface area (Å²) in [5.74, 6) is 0.655. The maximum atomic E-state index is 12.7. The van der Waals surface area contributed by atoms with Crippen LogP contribution in [0.2, 0.25) is 0 Å². The third-order valence-electron chi connectivity index (χ3n) is 7.10. The summed E-state index contributed by atoms with van der Waals surface area (Å²) in [6.45, 7) is 6.99. The molecule has 4 rings (SSSR count). The van der Waals surface area contributed by atoms with Crippen molar-refractivity contribution in [3.05, 3.63) is 65.2 Å². The number of unbranched alkanes of at least 4 members (excludes halogenated alkanes) is 1. The van der Waals surface area contributed by atoms with Gasteiger partial charge in [0, 0.05) is 37.2 Å². The minimum absolute atomic E-state index is 0.147. The van der Waals surface area contributed by atoms with Gasteiger partial charge in [0.2, 0.25) is 0 Å². The number of piperidine rings is 1. The number of ether oxygens (including phenoxy) is 2. The second-order valence-corrected chi connectivity index (χ2v) is 9.53. The van der Waals surface area contributed by atoms with Gasteiger partial charge in [-0.3, -0.25) is 4.79 Å². The molecule has 1 saturated carbocycles. The minimum atomic E-state index is -0.301. The molecule has 2 aromatic rings. The fraction of sp³-hybridized carbons (Fsp3) is 0.500. The Hall–Kier alpha value is -3.06. The zero-order valence-corrected chi connectivity index (χ0v) is 20.6. The lowest BCUT2D eigenvalue weighted by atomic mass is 9.87. The molecule has 1 amide bonds. The monoisotopic (exact) mass is 480 g/mol. The summed E-state index contributed by atoms with van der Waals surface area (Å²) in [6.07, 6.45) is 1.32. The predicted octanol–water partition coefficient (Wildman–Crippen LogP) is 4.22. The average molecular weight is 481 g/mol. The highest BCUT2D eigenvalue weighted by Gasteiger charge is 2.57. The van der Waals surface area contributed by atoms with Crippen molar-refractivity contribution in [2.45, 2.75) is 45.1 Å². The number of benzene rings is 2. The van der Waals surface area contributed by atoms with E-state index in [1.54, 1.807) is 6.07 Å². The molecule has 0 radical (unpaired) electrons. The molecule has 2 fully saturated rings. The van der Waals surface area contributed by atoms with Gasteiger partial charge in [0.1, 0.15) is 5.75 Å². The molecule has 1 heterocycles. The van der Waals surface area contributed by atoms with E-state index in [-0.39, 0.29) is 36.2 Å². The lowest BCUT2D eigenvalue weighted by Gasteiger charge is -2.24. The number of hydrogen-bond donors (Lipinski definition) is 2. The molecule has 35 heavy (non-hydrogen) atoms. The van der Waals surface area contributed by atoms with E-state index < -0.39 is 0 Å². The van der Waals surface area contributed by atoms with Gasteiger partial charge in [0.05, 0.1) is 19.6 Å². The van der Waals surface area contributed by atoms with E-state index in [2.05, 4.69) is 5.32 Å². The van der Waals surface area contributed by atoms with E-state index in [0.717, 1.165) is 36.2 Å². The van der Waals surface area contributed by atoms with Crippen molar-refractivity contribution in [3.8, 4) is 5.75 Å². The van der Waals surface area contributed by atoms with E-state index >= 15 is 0 Å². The van der Waals surface area contributed by atoms with E-state index in [1.165, 1.54) is 0 Å². The Morgan fingerprint density at radius 1 is 1.09 bits per heavy atom. The maximum Gasteiger partial charge on any atom is 0.410 e. The first kappa shape index (κ1) is 25.0. The van der Waals surface area contributed by atoms with Gasteiger partial charge in [-0.2, -0.15) is 0 Å². The third-order valence-corrected chi connectivity index (χ3v) is 7.10. The number of nitrogens with zero attached hydrogens (tertiary/aromatic N) is 1. The third kappa shape index (κ3) is 6.14. The lowest BCUT2D eigenvalue weighted by molar-refractivity contribution is -0.144. The molecule has 0 spiro atoms. The number of aryl methyl sites for hydroxylation is 1. The highest BCUT2D eigenvalue weighted by molar-refractivity contribution is 5.72. The summed E-state index contributed by atoms with van der Waals surface area (Å²) in [4.78, 5) is 27.1. The second-order valence-electron chi connectivity index (χ2n) is 9.53. The number of aromatic hydroxyl groups is 1. The van der Waals surface area contributed by atoms with Gasteiger partial charge in [0.15, 0.2) is 0 Å². The number of fused-ring (bicyclic) bond motifs is 1. The first-order chi connectivity index (χ1) is 17.0. The molecule has 3 unspecified atom stereocenters. The molecule has 188 valence electrons. The molecule has 1 aliphatic heterocycles. The Balaban J connectivity index is 1.28. The normalized spacial score (nSPS) is 21.1. The number of carbonyl (C=O) groups is 2. The Labute approximate surface area is 207 Å². The van der Waals surface area contributed by atoms with E-state index in [0.29, 0.717) is 38.0 Å². The minimum Gasteiger partial charge on any atom is -0.508 e. The molecule has 2 N–H and O–H groups in total. The van der Waals surface area contributed by atoms with Gasteiger partial charge in [-0.25, -0.2) is 4.79 Å². The number of phenolic OH excluding ortho intramolecular Hbond substituents is 1. The molecule has 1 saturated heterocycles. The van der Waals surface area contributed by atoms with Crippen LogP contribution in [-0.2, 0) is 14.3 Å². The molecule has 3 atom stereocenters. The van der Waals surface area contributed by atoms with Crippen LogP contribution in [0.4, 0.5) is 4.79 Å². The first-order valence-electron chi connectivity index (χ1n) is 12.6. The van der Waals surface area contributed by atoms with Crippen LogP contribution in [0.3, 0.4) is 0 Å². The zero-order chi connectivity index (χ0) is 24.8. The van der Waals surface area contributed by atoms with E-state index in [1.807, 2.05) is 61.2 Å². The van der Waals surface area contributed by atoms with Crippen LogP contribution in [0.1, 0.15) is 48.8 Å². The molecule has 7 nitrogen and oxygen atoms in total. The van der Waals surface area contributed by atoms with Gasteiger partial charge in [-0.15, -0.1) is 0 Å². The highest BCUT2D eigenvalue weighted by Crippen LogP contribution is 2.46. The Kier molecular flexibility index (Phi) is 8.29. The van der Waals surface area contributed by atoms with Crippen LogP contribution >= 0.6 is 0 Å². The number of hydrogen-bond acceptors (Lipinski definition) is 6. The molecular formula is C28H36N2O5. The van der Waals surface area contributed by atoms with Crippen LogP contribution in [0, 0.1) is 18.8 Å². The zero-order valence-electron chi connectivity index (χ0n) is 20.6. The van der Waals surface area contributed by atoms with Crippen molar-refractivity contribution in [1.29, 1.82) is 0 Å². The molecule has 0 bridgehead atoms. The number of nitrogens with one attached hydrogen (secondary N) is 1. The average Bonchev–Trinajstić information content (AvgIpc) is 3.30. The second kappa shape index (κ2) is 11.6. The van der Waals surface area contributed by atoms with Crippen molar-refractivity contribution in [2.75, 3.05) is 32.8 Å². The summed E-state index contributed by atoms with van der Waals surface area (Å²) in [6, 6.07) is 15.4. The topological polar surface area (TPSA) is 88.1 Å². The molecular weight excluding hydrogens is 444 g/mol. The van der Waals surface area contributed by atoms with Crippen LogP contribution in [0.25, 0.3) is 0 Å². The number of rotatable bonds is 11. The van der Waals surface area contributed by atoms with Crippen LogP contribution < -0.4 is 5.32 Å². The van der Waals surface area contributed by atoms with Crippen molar-refractivity contribution >= 4 is 12.1 Å². The smallest absolute Gasteiger partial charge is 0.410 e. The maximum absolute atomic E-state index is 12.7. The van der Waals surface area contributed by atoms with Crippen molar-refractivity contribution < 1.29 is 24.2 Å². The number of amides is 1. The summed E-state index contributed by atoms with van der Waals surface area (Å²) in [7, 11) is 0. The summed E-state index contributed by atoms with van der Waals surface area (Å²) in [5.41, 5.74) is 2.71. The Morgan fingerprint density at radius 3 is 2.54 bits per heavy atom. The van der Waals surface area contributed by atoms with Gasteiger partial charge < -0.3 is 24.8 Å². The Bertz CT molecular complexity index is 1000. The van der Waals surface area contributed by atoms with Crippen molar-refractivity contribution in [3.63, 3.8) is 0 Å². The van der Waals surface area contributed by atoms with Crippen molar-refractivity contribution in [1.82, 2.24) is 10.2 Å². The molecule has 2 aromatic carbocycles. The van der Waals surface area contributed by atoms with E-state index in [4.69, 9.17) is 9.47 Å². The van der Waals surface area contributed by atoms with Gasteiger partial charge >= 0.3 is 12.1 Å². The largest absolute Gasteiger partial charge is 0.508 e. The number of esters is 1. The summed E-state index contributed by atoms with van der Waals surface area (Å²) >= 11 is 0. The fourth-order valence-electron chi connectivity index (χ4n) is 5.26. The number of phenols is 1. The lowest BCUT2D eigenvalue weighted by Crippen LogP contribution is -2.39. The standard InChI is InChI=1S/C28H36N2O5/c1-3-34-28(33)30(27-23-17-29-18-24(23)27)13-7-8-14-35-26(32)16-21(20-9-5-4-6-10-20)22-15-19(2)11-12-25(22)31/h4-6,9-12,15,21,23-24,27,29,31H,3,7-8,13-14,16-18H2,1-2H3. The molecule has 7 heteroatoms. The van der Waals surface area contributed by atoms with Crippen molar-refractivity contribution in [2.24, 2.45) is 11.8 Å². The highest BCUT2D eigenvalue weighted by atomic mass is 16.6. The summed E-state index contributed by atoms with van der Waals surface area (Å²) in [5, 5.41) is 13.8. The molecule has 1 aliphatic carbocycles. The first-order valence-corrected chi connectivity index (χ1v) is 12.6. The fourth-order valence-corrected chi connectivity index (χ4v) is 5.26. The molecule has 2 aliphatic rings. The van der Waals surface area contributed by atoms with Crippen LogP contribution in [-0.4, -0.2) is 61.0 Å². The molecule has 0 aromatic heterocycles. The van der Waals surface area contributed by atoms with Gasteiger partial charge in [0.25, 0.3) is 0 Å².